The Labute approximate surface area is 146 Å². The monoisotopic (exact) mass is 343 g/mol. The van der Waals surface area contributed by atoms with Gasteiger partial charge in [0.05, 0.1) is 23.8 Å². The number of nitrogens with one attached hydrogen (secondary N) is 1. The maximum Gasteiger partial charge on any atom is 0.255 e. The van der Waals surface area contributed by atoms with Crippen LogP contribution in [-0.2, 0) is 0 Å². The number of rotatable bonds is 3. The highest BCUT2D eigenvalue weighted by Gasteiger charge is 2.35. The number of benzene rings is 1. The minimum absolute atomic E-state index is 0.195. The Balaban J connectivity index is 1.56. The van der Waals surface area contributed by atoms with E-state index in [0.29, 0.717) is 17.2 Å². The number of carbonyl (C=O) groups excluding carboxylic acids is 1. The highest BCUT2D eigenvalue weighted by molar-refractivity contribution is 5.95. The number of fused-ring (bicyclic) bond motifs is 1. The standard InChI is InChI=1S/C19H22FN3O2/c1-11-15(10-21-23(11)13-6-3-4-7-13)19(24)22-17-12(2)25-18-14(17)8-5-9-16(18)20/h5,8-10,12-13,17H,3-4,6-7H2,1-2H3,(H,22,24)/t12-,17+/m0/s1. The van der Waals surface area contributed by atoms with E-state index in [1.54, 1.807) is 18.3 Å². The molecule has 1 aliphatic heterocycles. The Morgan fingerprint density at radius 2 is 2.12 bits per heavy atom. The summed E-state index contributed by atoms with van der Waals surface area (Å²) in [6.45, 7) is 3.77. The van der Waals surface area contributed by atoms with Gasteiger partial charge in [0.2, 0.25) is 0 Å². The Kier molecular flexibility index (Phi) is 3.98. The van der Waals surface area contributed by atoms with Gasteiger partial charge in [-0.25, -0.2) is 4.39 Å². The van der Waals surface area contributed by atoms with Crippen molar-refractivity contribution < 1.29 is 13.9 Å². The zero-order chi connectivity index (χ0) is 17.6. The number of amides is 1. The summed E-state index contributed by atoms with van der Waals surface area (Å²) >= 11 is 0. The number of para-hydroxylation sites is 1. The van der Waals surface area contributed by atoms with Crippen LogP contribution in [0.3, 0.4) is 0 Å². The molecule has 0 bridgehead atoms. The summed E-state index contributed by atoms with van der Waals surface area (Å²) in [4.78, 5) is 12.8. The van der Waals surface area contributed by atoms with Gasteiger partial charge in [0.25, 0.3) is 5.91 Å². The number of halogens is 1. The molecule has 1 fully saturated rings. The molecule has 5 nitrogen and oxygen atoms in total. The van der Waals surface area contributed by atoms with Crippen molar-refractivity contribution in [1.29, 1.82) is 0 Å². The van der Waals surface area contributed by atoms with E-state index in [9.17, 15) is 9.18 Å². The fourth-order valence-electron chi connectivity index (χ4n) is 3.98. The summed E-state index contributed by atoms with van der Waals surface area (Å²) in [5.74, 6) is -0.357. The quantitative estimate of drug-likeness (QED) is 0.924. The predicted octanol–water partition coefficient (Wildman–Crippen LogP) is 3.70. The van der Waals surface area contributed by atoms with Crippen LogP contribution in [0.5, 0.6) is 5.75 Å². The van der Waals surface area contributed by atoms with Crippen molar-refractivity contribution in [2.24, 2.45) is 0 Å². The van der Waals surface area contributed by atoms with Crippen LogP contribution in [0.25, 0.3) is 0 Å². The highest BCUT2D eigenvalue weighted by atomic mass is 19.1. The normalized spacial score (nSPS) is 22.7. The van der Waals surface area contributed by atoms with Gasteiger partial charge in [-0.05, 0) is 32.8 Å². The third-order valence-corrected chi connectivity index (χ3v) is 5.35. The van der Waals surface area contributed by atoms with Crippen LogP contribution in [0.2, 0.25) is 0 Å². The third kappa shape index (κ3) is 2.69. The smallest absolute Gasteiger partial charge is 0.255 e. The fraction of sp³-hybridized carbons (Fsp3) is 0.474. The first kappa shape index (κ1) is 16.1. The van der Waals surface area contributed by atoms with Gasteiger partial charge in [0.1, 0.15) is 6.10 Å². The Morgan fingerprint density at radius 3 is 2.88 bits per heavy atom. The van der Waals surface area contributed by atoms with Gasteiger partial charge in [-0.3, -0.25) is 9.48 Å². The van der Waals surface area contributed by atoms with E-state index in [4.69, 9.17) is 4.74 Å². The zero-order valence-corrected chi connectivity index (χ0v) is 14.5. The number of hydrogen-bond donors (Lipinski definition) is 1. The van der Waals surface area contributed by atoms with E-state index in [-0.39, 0.29) is 23.8 Å². The SMILES string of the molecule is Cc1c(C(=O)N[C@H]2c3cccc(F)c3O[C@H]2C)cnn1C1CCCC1. The second-order valence-corrected chi connectivity index (χ2v) is 6.96. The van der Waals surface area contributed by atoms with Crippen molar-refractivity contribution >= 4 is 5.91 Å². The van der Waals surface area contributed by atoms with E-state index in [1.807, 2.05) is 18.5 Å². The largest absolute Gasteiger partial charge is 0.485 e. The van der Waals surface area contributed by atoms with E-state index < -0.39 is 5.82 Å². The van der Waals surface area contributed by atoms with Crippen LogP contribution in [-0.4, -0.2) is 21.8 Å². The molecule has 1 aromatic carbocycles. The molecule has 2 atom stereocenters. The van der Waals surface area contributed by atoms with E-state index in [0.717, 1.165) is 18.5 Å². The molecule has 2 aliphatic rings. The molecule has 0 unspecified atom stereocenters. The topological polar surface area (TPSA) is 56.1 Å². The second-order valence-electron chi connectivity index (χ2n) is 6.96. The van der Waals surface area contributed by atoms with E-state index >= 15 is 0 Å². The lowest BCUT2D eigenvalue weighted by Gasteiger charge is -2.17. The molecule has 6 heteroatoms. The molecule has 1 aromatic heterocycles. The van der Waals surface area contributed by atoms with Gasteiger partial charge in [-0.15, -0.1) is 0 Å². The lowest BCUT2D eigenvalue weighted by atomic mass is 10.0. The molecule has 1 amide bonds. The van der Waals surface area contributed by atoms with Crippen LogP contribution >= 0.6 is 0 Å². The number of ether oxygens (including phenoxy) is 1. The van der Waals surface area contributed by atoms with Crippen molar-refractivity contribution in [2.75, 3.05) is 0 Å². The number of carbonyl (C=O) groups is 1. The molecule has 0 radical (unpaired) electrons. The summed E-state index contributed by atoms with van der Waals surface area (Å²) < 4.78 is 21.5. The first-order valence-electron chi connectivity index (χ1n) is 8.86. The van der Waals surface area contributed by atoms with Gasteiger partial charge in [-0.2, -0.15) is 5.10 Å². The predicted molar refractivity (Wildman–Crippen MR) is 91.2 cm³/mol. The van der Waals surface area contributed by atoms with Crippen molar-refractivity contribution in [3.63, 3.8) is 0 Å². The number of aromatic nitrogens is 2. The van der Waals surface area contributed by atoms with E-state index in [2.05, 4.69) is 10.4 Å². The molecule has 0 saturated heterocycles. The molecule has 1 aliphatic carbocycles. The van der Waals surface area contributed by atoms with Crippen LogP contribution in [0.15, 0.2) is 24.4 Å². The number of hydrogen-bond acceptors (Lipinski definition) is 3. The average molecular weight is 343 g/mol. The molecule has 0 spiro atoms. The molecular weight excluding hydrogens is 321 g/mol. The summed E-state index contributed by atoms with van der Waals surface area (Å²) in [6, 6.07) is 4.82. The van der Waals surface area contributed by atoms with Crippen molar-refractivity contribution in [3.05, 3.63) is 47.0 Å². The van der Waals surface area contributed by atoms with E-state index in [1.165, 1.54) is 18.9 Å². The molecule has 1 saturated carbocycles. The highest BCUT2D eigenvalue weighted by Crippen LogP contribution is 2.38. The molecule has 132 valence electrons. The van der Waals surface area contributed by atoms with Crippen molar-refractivity contribution in [2.45, 2.75) is 57.7 Å². The van der Waals surface area contributed by atoms with Gasteiger partial charge in [-0.1, -0.05) is 25.0 Å². The average Bonchev–Trinajstić information content (AvgIpc) is 3.29. The maximum atomic E-state index is 13.9. The van der Waals surface area contributed by atoms with Gasteiger partial charge in [0, 0.05) is 11.3 Å². The summed E-state index contributed by atoms with van der Waals surface area (Å²) in [7, 11) is 0. The molecule has 4 rings (SSSR count). The molecule has 1 N–H and O–H groups in total. The summed E-state index contributed by atoms with van der Waals surface area (Å²) in [5.41, 5.74) is 2.14. The third-order valence-electron chi connectivity index (χ3n) is 5.35. The van der Waals surface area contributed by atoms with Gasteiger partial charge in [0.15, 0.2) is 11.6 Å². The second kappa shape index (κ2) is 6.17. The molecule has 2 aromatic rings. The van der Waals surface area contributed by atoms with Crippen LogP contribution in [0.1, 0.15) is 66.3 Å². The maximum absolute atomic E-state index is 13.9. The first-order chi connectivity index (χ1) is 12.1. The van der Waals surface area contributed by atoms with Crippen molar-refractivity contribution in [1.82, 2.24) is 15.1 Å². The van der Waals surface area contributed by atoms with Crippen LogP contribution < -0.4 is 10.1 Å². The minimum Gasteiger partial charge on any atom is -0.485 e. The molecular formula is C19H22FN3O2. The van der Waals surface area contributed by atoms with Crippen LogP contribution in [0, 0.1) is 12.7 Å². The Morgan fingerprint density at radius 1 is 1.36 bits per heavy atom. The van der Waals surface area contributed by atoms with Gasteiger partial charge < -0.3 is 10.1 Å². The fourth-order valence-corrected chi connectivity index (χ4v) is 3.98. The summed E-state index contributed by atoms with van der Waals surface area (Å²) in [5, 5.41) is 7.42. The minimum atomic E-state index is -0.397. The zero-order valence-electron chi connectivity index (χ0n) is 14.5. The summed E-state index contributed by atoms with van der Waals surface area (Å²) in [6.07, 6.45) is 5.97. The number of nitrogens with zero attached hydrogens (tertiary/aromatic N) is 2. The van der Waals surface area contributed by atoms with Gasteiger partial charge >= 0.3 is 0 Å². The molecule has 25 heavy (non-hydrogen) atoms. The lowest BCUT2D eigenvalue weighted by Crippen LogP contribution is -2.34. The van der Waals surface area contributed by atoms with Crippen molar-refractivity contribution in [3.8, 4) is 5.75 Å². The first-order valence-corrected chi connectivity index (χ1v) is 8.86. The lowest BCUT2D eigenvalue weighted by molar-refractivity contribution is 0.0907. The van der Waals surface area contributed by atoms with Crippen LogP contribution in [0.4, 0.5) is 4.39 Å². The molecule has 2 heterocycles. The Bertz CT molecular complexity index is 811. The Hall–Kier alpha value is -2.37.